The molecule has 1 unspecified atom stereocenters. The summed E-state index contributed by atoms with van der Waals surface area (Å²) in [5.41, 5.74) is 1.43. The lowest BCUT2D eigenvalue weighted by Crippen LogP contribution is -2.26. The van der Waals surface area contributed by atoms with Crippen molar-refractivity contribution in [3.63, 3.8) is 0 Å². The molecule has 188 valence electrons. The zero-order chi connectivity index (χ0) is 24.7. The molecule has 2 heterocycles. The van der Waals surface area contributed by atoms with Gasteiger partial charge in [0.2, 0.25) is 0 Å². The fourth-order valence-corrected chi connectivity index (χ4v) is 4.14. The number of carbonyl (C=O) groups excluding carboxylic acids is 1. The highest BCUT2D eigenvalue weighted by molar-refractivity contribution is 5.96. The van der Waals surface area contributed by atoms with Crippen LogP contribution in [0.1, 0.15) is 70.9 Å². The van der Waals surface area contributed by atoms with Gasteiger partial charge in [-0.2, -0.15) is 18.3 Å². The minimum Gasteiger partial charge on any atom is -0.381 e. The van der Waals surface area contributed by atoms with Crippen LogP contribution in [0.5, 0.6) is 0 Å². The molecule has 0 aliphatic carbocycles. The van der Waals surface area contributed by atoms with E-state index >= 15 is 0 Å². The van der Waals surface area contributed by atoms with Crippen molar-refractivity contribution >= 4 is 5.91 Å². The molecule has 0 spiro atoms. The van der Waals surface area contributed by atoms with E-state index in [0.717, 1.165) is 30.3 Å². The minimum atomic E-state index is -4.50. The molecular formula is C24H32F3N3O4. The highest BCUT2D eigenvalue weighted by Gasteiger charge is 2.33. The molecule has 1 aromatic carbocycles. The maximum absolute atomic E-state index is 13.1. The Kier molecular flexibility index (Phi) is 9.10. The van der Waals surface area contributed by atoms with Crippen LogP contribution in [0.2, 0.25) is 0 Å². The molecule has 2 N–H and O–H groups in total. The van der Waals surface area contributed by atoms with Crippen molar-refractivity contribution in [1.82, 2.24) is 15.1 Å². The molecule has 0 bridgehead atoms. The number of aromatic nitrogens is 2. The largest absolute Gasteiger partial charge is 0.416 e. The number of carbonyl (C=O) groups is 1. The Bertz CT molecular complexity index is 975. The lowest BCUT2D eigenvalue weighted by molar-refractivity contribution is -0.138. The van der Waals surface area contributed by atoms with Gasteiger partial charge in [0.1, 0.15) is 0 Å². The maximum Gasteiger partial charge on any atom is 0.416 e. The van der Waals surface area contributed by atoms with Gasteiger partial charge in [-0.05, 0) is 50.7 Å². The van der Waals surface area contributed by atoms with E-state index in [0.29, 0.717) is 51.1 Å². The Labute approximate surface area is 197 Å². The lowest BCUT2D eigenvalue weighted by atomic mass is 10.0. The first-order valence-corrected chi connectivity index (χ1v) is 11.6. The average molecular weight is 484 g/mol. The summed E-state index contributed by atoms with van der Waals surface area (Å²) >= 11 is 0. The Balaban J connectivity index is 1.66. The standard InChI is InChI=1S/C24H32F3N3O4/c1-3-19-21-20(10-5-13-33-14-6-11-28-22(21)31)30(29-19)12-7-15-34-23(32)17-8-4-9-18(16(17)2)24(25,26)27/h4,8-9,23,32H,3,5-7,10-15H2,1-2H3,(H,28,31). The number of halogens is 3. The molecule has 0 radical (unpaired) electrons. The van der Waals surface area contributed by atoms with Crippen molar-refractivity contribution in [2.75, 3.05) is 26.4 Å². The Morgan fingerprint density at radius 2 is 2.06 bits per heavy atom. The van der Waals surface area contributed by atoms with Crippen LogP contribution in [-0.4, -0.2) is 47.2 Å². The fraction of sp³-hybridized carbons (Fsp3) is 0.583. The second kappa shape index (κ2) is 11.8. The van der Waals surface area contributed by atoms with Crippen LogP contribution in [0.3, 0.4) is 0 Å². The number of aliphatic hydroxyl groups is 1. The van der Waals surface area contributed by atoms with Gasteiger partial charge in [-0.15, -0.1) is 0 Å². The van der Waals surface area contributed by atoms with Crippen LogP contribution < -0.4 is 5.32 Å². The summed E-state index contributed by atoms with van der Waals surface area (Å²) in [4.78, 5) is 12.8. The van der Waals surface area contributed by atoms with E-state index < -0.39 is 18.0 Å². The van der Waals surface area contributed by atoms with Crippen LogP contribution in [0.25, 0.3) is 0 Å². The van der Waals surface area contributed by atoms with Gasteiger partial charge < -0.3 is 19.9 Å². The number of alkyl halides is 3. The lowest BCUT2D eigenvalue weighted by Gasteiger charge is -2.18. The third-order valence-corrected chi connectivity index (χ3v) is 5.88. The molecule has 2 aromatic rings. The van der Waals surface area contributed by atoms with Crippen molar-refractivity contribution in [2.24, 2.45) is 0 Å². The summed E-state index contributed by atoms with van der Waals surface area (Å²) in [7, 11) is 0. The number of nitrogens with one attached hydrogen (secondary N) is 1. The number of nitrogens with zero attached hydrogens (tertiary/aromatic N) is 2. The first kappa shape index (κ1) is 26.2. The zero-order valence-electron chi connectivity index (χ0n) is 19.6. The smallest absolute Gasteiger partial charge is 0.381 e. The van der Waals surface area contributed by atoms with Gasteiger partial charge in [0.15, 0.2) is 6.29 Å². The van der Waals surface area contributed by atoms with Crippen LogP contribution in [0.4, 0.5) is 13.2 Å². The van der Waals surface area contributed by atoms with E-state index in [1.807, 2.05) is 6.92 Å². The van der Waals surface area contributed by atoms with Gasteiger partial charge in [-0.1, -0.05) is 19.1 Å². The van der Waals surface area contributed by atoms with E-state index in [1.54, 1.807) is 4.68 Å². The summed E-state index contributed by atoms with van der Waals surface area (Å²) in [5, 5.41) is 17.9. The van der Waals surface area contributed by atoms with Crippen LogP contribution in [0, 0.1) is 6.92 Å². The van der Waals surface area contributed by atoms with Gasteiger partial charge in [0, 0.05) is 31.9 Å². The van der Waals surface area contributed by atoms with Crippen molar-refractivity contribution in [1.29, 1.82) is 0 Å². The number of fused-ring (bicyclic) bond motifs is 1. The van der Waals surface area contributed by atoms with Crippen LogP contribution in [0.15, 0.2) is 18.2 Å². The van der Waals surface area contributed by atoms with Gasteiger partial charge in [-0.3, -0.25) is 9.48 Å². The maximum atomic E-state index is 13.1. The van der Waals surface area contributed by atoms with Crippen molar-refractivity contribution in [3.05, 3.63) is 51.8 Å². The van der Waals surface area contributed by atoms with E-state index in [2.05, 4.69) is 10.4 Å². The zero-order valence-corrected chi connectivity index (χ0v) is 19.6. The second-order valence-electron chi connectivity index (χ2n) is 8.26. The van der Waals surface area contributed by atoms with Crippen molar-refractivity contribution in [3.8, 4) is 0 Å². The molecule has 0 fully saturated rings. The first-order valence-electron chi connectivity index (χ1n) is 11.6. The molecule has 1 amide bonds. The predicted molar refractivity (Wildman–Crippen MR) is 119 cm³/mol. The normalized spacial score (nSPS) is 16.5. The van der Waals surface area contributed by atoms with E-state index in [-0.39, 0.29) is 23.6 Å². The summed E-state index contributed by atoms with van der Waals surface area (Å²) in [6, 6.07) is 3.66. The number of amides is 1. The van der Waals surface area contributed by atoms with E-state index in [1.165, 1.54) is 19.1 Å². The number of benzene rings is 1. The van der Waals surface area contributed by atoms with Gasteiger partial charge in [0.05, 0.1) is 29.1 Å². The van der Waals surface area contributed by atoms with Crippen molar-refractivity contribution in [2.45, 2.75) is 65.0 Å². The summed E-state index contributed by atoms with van der Waals surface area (Å²) < 4.78 is 52.3. The molecule has 34 heavy (non-hydrogen) atoms. The monoisotopic (exact) mass is 483 g/mol. The van der Waals surface area contributed by atoms with Crippen molar-refractivity contribution < 1.29 is 32.5 Å². The summed E-state index contributed by atoms with van der Waals surface area (Å²) in [6.45, 7) is 5.58. The topological polar surface area (TPSA) is 85.6 Å². The fourth-order valence-electron chi connectivity index (χ4n) is 4.14. The Hall–Kier alpha value is -2.43. The quantitative estimate of drug-likeness (QED) is 0.460. The highest BCUT2D eigenvalue weighted by Crippen LogP contribution is 2.34. The van der Waals surface area contributed by atoms with Crippen LogP contribution in [-0.2, 0) is 35.0 Å². The third-order valence-electron chi connectivity index (χ3n) is 5.88. The molecule has 10 heteroatoms. The van der Waals surface area contributed by atoms with Gasteiger partial charge in [-0.25, -0.2) is 0 Å². The van der Waals surface area contributed by atoms with Crippen LogP contribution >= 0.6 is 0 Å². The van der Waals surface area contributed by atoms with Gasteiger partial charge >= 0.3 is 6.18 Å². The first-order chi connectivity index (χ1) is 16.2. The van der Waals surface area contributed by atoms with E-state index in [4.69, 9.17) is 9.47 Å². The minimum absolute atomic E-state index is 0.0559. The Morgan fingerprint density at radius 3 is 2.79 bits per heavy atom. The summed E-state index contributed by atoms with van der Waals surface area (Å²) in [6.07, 6.45) is -2.73. The molecule has 1 aliphatic heterocycles. The molecule has 0 saturated heterocycles. The number of rotatable bonds is 7. The number of hydrogen-bond donors (Lipinski definition) is 2. The SMILES string of the molecule is CCc1nn(CCCOC(O)c2cccc(C(F)(F)F)c2C)c2c1C(=O)NCCCOCCC2. The molecular weight excluding hydrogens is 451 g/mol. The average Bonchev–Trinajstić information content (AvgIpc) is 3.13. The Morgan fingerprint density at radius 1 is 1.29 bits per heavy atom. The van der Waals surface area contributed by atoms with E-state index in [9.17, 15) is 23.1 Å². The number of hydrogen-bond acceptors (Lipinski definition) is 5. The van der Waals surface area contributed by atoms with Gasteiger partial charge in [0.25, 0.3) is 5.91 Å². The molecule has 1 aromatic heterocycles. The number of ether oxygens (including phenoxy) is 2. The predicted octanol–water partition coefficient (Wildman–Crippen LogP) is 3.95. The molecule has 1 atom stereocenters. The molecule has 3 rings (SSSR count). The highest BCUT2D eigenvalue weighted by atomic mass is 19.4. The summed E-state index contributed by atoms with van der Waals surface area (Å²) in [5.74, 6) is -0.133. The molecule has 1 aliphatic rings. The molecule has 7 nitrogen and oxygen atoms in total. The third kappa shape index (κ3) is 6.37. The second-order valence-corrected chi connectivity index (χ2v) is 8.26. The number of aryl methyl sites for hydroxylation is 2. The molecule has 0 saturated carbocycles. The number of aliphatic hydroxyl groups excluding tert-OH is 1.